The summed E-state index contributed by atoms with van der Waals surface area (Å²) in [6.07, 6.45) is 2.85. The number of aromatic nitrogens is 2. The van der Waals surface area contributed by atoms with Gasteiger partial charge >= 0.3 is 0 Å². The van der Waals surface area contributed by atoms with E-state index in [4.69, 9.17) is 9.26 Å². The maximum atomic E-state index is 12.8. The lowest BCUT2D eigenvalue weighted by Crippen LogP contribution is -2.41. The molecule has 1 fully saturated rings. The van der Waals surface area contributed by atoms with Crippen LogP contribution in [-0.4, -0.2) is 60.1 Å². The molecule has 1 aromatic carbocycles. The van der Waals surface area contributed by atoms with Crippen molar-refractivity contribution in [1.29, 1.82) is 0 Å². The first-order valence-corrected chi connectivity index (χ1v) is 12.3. The summed E-state index contributed by atoms with van der Waals surface area (Å²) in [5, 5.41) is 4.00. The number of carbonyl (C=O) groups is 1. The van der Waals surface area contributed by atoms with Crippen molar-refractivity contribution in [3.05, 3.63) is 30.2 Å². The fourth-order valence-corrected chi connectivity index (χ4v) is 5.29. The molecule has 2 heterocycles. The molecule has 2 aromatic rings. The third kappa shape index (κ3) is 5.81. The Hall–Kier alpha value is -2.42. The first-order chi connectivity index (χ1) is 14.4. The molecule has 0 saturated carbocycles. The van der Waals surface area contributed by atoms with Crippen molar-refractivity contribution in [2.24, 2.45) is 0 Å². The maximum absolute atomic E-state index is 12.8. The Labute approximate surface area is 177 Å². The highest BCUT2D eigenvalue weighted by Gasteiger charge is 2.34. The van der Waals surface area contributed by atoms with Gasteiger partial charge < -0.3 is 14.2 Å². The van der Waals surface area contributed by atoms with Gasteiger partial charge in [-0.15, -0.1) is 0 Å². The SMILES string of the molecule is CCCCN(C(=O)CCc1nc(-c2ccc(OCC)cc2)no1)C1CCS(=O)(=O)C1. The molecule has 0 radical (unpaired) electrons. The maximum Gasteiger partial charge on any atom is 0.227 e. The highest BCUT2D eigenvalue weighted by molar-refractivity contribution is 7.91. The highest BCUT2D eigenvalue weighted by atomic mass is 32.2. The van der Waals surface area contributed by atoms with Crippen LogP contribution in [0.5, 0.6) is 5.75 Å². The molecule has 1 aliphatic rings. The minimum Gasteiger partial charge on any atom is -0.494 e. The number of aryl methyl sites for hydroxylation is 1. The van der Waals surface area contributed by atoms with Gasteiger partial charge in [0.25, 0.3) is 0 Å². The molecule has 0 bridgehead atoms. The van der Waals surface area contributed by atoms with Gasteiger partial charge in [0, 0.05) is 31.0 Å². The Morgan fingerprint density at radius 1 is 1.27 bits per heavy atom. The Morgan fingerprint density at radius 3 is 2.67 bits per heavy atom. The van der Waals surface area contributed by atoms with E-state index >= 15 is 0 Å². The van der Waals surface area contributed by atoms with Crippen molar-refractivity contribution in [2.75, 3.05) is 24.7 Å². The standard InChI is InChI=1S/C21H29N3O5S/c1-3-5-13-24(17-12-14-30(26,27)15-17)20(25)11-10-19-22-21(23-29-19)16-6-8-18(9-7-16)28-4-2/h6-9,17H,3-5,10-15H2,1-2H3. The molecule has 3 rings (SSSR count). The summed E-state index contributed by atoms with van der Waals surface area (Å²) in [6, 6.07) is 7.19. The molecule has 1 amide bonds. The first-order valence-electron chi connectivity index (χ1n) is 10.5. The van der Waals surface area contributed by atoms with Crippen molar-refractivity contribution >= 4 is 15.7 Å². The summed E-state index contributed by atoms with van der Waals surface area (Å²) in [5.74, 6) is 1.78. The van der Waals surface area contributed by atoms with E-state index in [-0.39, 0.29) is 29.9 Å². The van der Waals surface area contributed by atoms with E-state index in [2.05, 4.69) is 17.1 Å². The molecular weight excluding hydrogens is 406 g/mol. The number of rotatable bonds is 10. The third-order valence-electron chi connectivity index (χ3n) is 5.17. The number of amides is 1. The molecule has 164 valence electrons. The van der Waals surface area contributed by atoms with Crippen LogP contribution in [-0.2, 0) is 21.1 Å². The first kappa shape index (κ1) is 22.3. The zero-order chi connectivity index (χ0) is 21.6. The predicted octanol–water partition coefficient (Wildman–Crippen LogP) is 2.88. The quantitative estimate of drug-likeness (QED) is 0.565. The molecule has 1 aliphatic heterocycles. The topological polar surface area (TPSA) is 103 Å². The van der Waals surface area contributed by atoms with Gasteiger partial charge in [0.15, 0.2) is 9.84 Å². The molecule has 0 spiro atoms. The highest BCUT2D eigenvalue weighted by Crippen LogP contribution is 2.22. The zero-order valence-corrected chi connectivity index (χ0v) is 18.4. The molecule has 1 aromatic heterocycles. The van der Waals surface area contributed by atoms with Gasteiger partial charge in [-0.25, -0.2) is 8.42 Å². The number of hydrogen-bond donors (Lipinski definition) is 0. The van der Waals surface area contributed by atoms with Crippen LogP contribution in [0.25, 0.3) is 11.4 Å². The average molecular weight is 436 g/mol. The van der Waals surface area contributed by atoms with Crippen LogP contribution in [0.1, 0.15) is 45.4 Å². The summed E-state index contributed by atoms with van der Waals surface area (Å²) in [5.41, 5.74) is 0.806. The van der Waals surface area contributed by atoms with E-state index < -0.39 is 9.84 Å². The Bertz CT molecular complexity index is 940. The van der Waals surface area contributed by atoms with Gasteiger partial charge in [0.05, 0.1) is 18.1 Å². The summed E-state index contributed by atoms with van der Waals surface area (Å²) < 4.78 is 34.4. The smallest absolute Gasteiger partial charge is 0.227 e. The van der Waals surface area contributed by atoms with Gasteiger partial charge in [-0.05, 0) is 44.0 Å². The monoisotopic (exact) mass is 435 g/mol. The largest absolute Gasteiger partial charge is 0.494 e. The van der Waals surface area contributed by atoms with E-state index in [1.807, 2.05) is 31.2 Å². The predicted molar refractivity (Wildman–Crippen MR) is 113 cm³/mol. The van der Waals surface area contributed by atoms with E-state index in [1.54, 1.807) is 4.90 Å². The van der Waals surface area contributed by atoms with Crippen molar-refractivity contribution in [2.45, 2.75) is 52.0 Å². The third-order valence-corrected chi connectivity index (χ3v) is 6.92. The number of carbonyl (C=O) groups excluding carboxylic acids is 1. The van der Waals surface area contributed by atoms with Crippen molar-refractivity contribution in [1.82, 2.24) is 15.0 Å². The lowest BCUT2D eigenvalue weighted by atomic mass is 10.1. The molecule has 1 atom stereocenters. The Morgan fingerprint density at radius 2 is 2.03 bits per heavy atom. The minimum atomic E-state index is -3.04. The van der Waals surface area contributed by atoms with Crippen molar-refractivity contribution < 1.29 is 22.5 Å². The lowest BCUT2D eigenvalue weighted by molar-refractivity contribution is -0.133. The van der Waals surface area contributed by atoms with Crippen LogP contribution in [0.4, 0.5) is 0 Å². The van der Waals surface area contributed by atoms with E-state index in [0.29, 0.717) is 37.7 Å². The molecule has 0 aliphatic carbocycles. The fraction of sp³-hybridized carbons (Fsp3) is 0.571. The van der Waals surface area contributed by atoms with Gasteiger partial charge in [0.2, 0.25) is 17.6 Å². The minimum absolute atomic E-state index is 0.0604. The number of benzene rings is 1. The molecule has 30 heavy (non-hydrogen) atoms. The van der Waals surface area contributed by atoms with Crippen LogP contribution < -0.4 is 4.74 Å². The second kappa shape index (κ2) is 10.1. The summed E-state index contributed by atoms with van der Waals surface area (Å²) in [4.78, 5) is 18.9. The second-order valence-electron chi connectivity index (χ2n) is 7.47. The summed E-state index contributed by atoms with van der Waals surface area (Å²) in [6.45, 7) is 5.16. The van der Waals surface area contributed by atoms with Crippen LogP contribution >= 0.6 is 0 Å². The zero-order valence-electron chi connectivity index (χ0n) is 17.5. The van der Waals surface area contributed by atoms with E-state index in [1.165, 1.54) is 0 Å². The molecule has 0 N–H and O–H groups in total. The number of unbranched alkanes of at least 4 members (excludes halogenated alkanes) is 1. The normalized spacial score (nSPS) is 17.7. The van der Waals surface area contributed by atoms with Crippen LogP contribution in [0, 0.1) is 0 Å². The number of sulfone groups is 1. The number of ether oxygens (including phenoxy) is 1. The molecule has 8 nitrogen and oxygen atoms in total. The fourth-order valence-electron chi connectivity index (χ4n) is 3.56. The average Bonchev–Trinajstić information content (AvgIpc) is 3.34. The molecule has 9 heteroatoms. The Kier molecular flexibility index (Phi) is 7.47. The van der Waals surface area contributed by atoms with E-state index in [9.17, 15) is 13.2 Å². The summed E-state index contributed by atoms with van der Waals surface area (Å²) in [7, 11) is -3.04. The van der Waals surface area contributed by atoms with Gasteiger partial charge in [-0.1, -0.05) is 18.5 Å². The Balaban J connectivity index is 1.60. The van der Waals surface area contributed by atoms with Gasteiger partial charge in [-0.2, -0.15) is 4.98 Å². The van der Waals surface area contributed by atoms with Crippen LogP contribution in [0.2, 0.25) is 0 Å². The number of hydrogen-bond acceptors (Lipinski definition) is 7. The molecule has 1 saturated heterocycles. The van der Waals surface area contributed by atoms with E-state index in [0.717, 1.165) is 24.2 Å². The second-order valence-corrected chi connectivity index (χ2v) is 9.70. The lowest BCUT2D eigenvalue weighted by Gasteiger charge is -2.28. The number of nitrogens with zero attached hydrogens (tertiary/aromatic N) is 3. The van der Waals surface area contributed by atoms with Crippen molar-refractivity contribution in [3.63, 3.8) is 0 Å². The van der Waals surface area contributed by atoms with Gasteiger partial charge in [0.1, 0.15) is 5.75 Å². The van der Waals surface area contributed by atoms with Crippen LogP contribution in [0.15, 0.2) is 28.8 Å². The van der Waals surface area contributed by atoms with Gasteiger partial charge in [-0.3, -0.25) is 4.79 Å². The van der Waals surface area contributed by atoms with Crippen LogP contribution in [0.3, 0.4) is 0 Å². The summed E-state index contributed by atoms with van der Waals surface area (Å²) >= 11 is 0. The molecule has 1 unspecified atom stereocenters. The molecular formula is C21H29N3O5S. The van der Waals surface area contributed by atoms with Crippen molar-refractivity contribution in [3.8, 4) is 17.1 Å².